The van der Waals surface area contributed by atoms with E-state index in [2.05, 4.69) is 31.5 Å². The van der Waals surface area contributed by atoms with Crippen molar-refractivity contribution in [2.75, 3.05) is 27.3 Å². The van der Waals surface area contributed by atoms with Crippen molar-refractivity contribution in [2.45, 2.75) is 31.9 Å². The number of methoxy groups -OCH3 is 2. The number of ether oxygens (including phenoxy) is 2. The summed E-state index contributed by atoms with van der Waals surface area (Å²) < 4.78 is 12.7. The average molecular weight is 409 g/mol. The molecule has 1 N–H and O–H groups in total. The Morgan fingerprint density at radius 1 is 1.20 bits per heavy atom. The number of pyridine rings is 1. The minimum atomic E-state index is -0.997. The molecule has 5 rings (SSSR count). The molecule has 1 saturated heterocycles. The summed E-state index contributed by atoms with van der Waals surface area (Å²) in [5.41, 5.74) is 1.89. The number of fused-ring (bicyclic) bond motifs is 2. The van der Waals surface area contributed by atoms with Crippen molar-refractivity contribution in [1.82, 2.24) is 24.3 Å². The summed E-state index contributed by atoms with van der Waals surface area (Å²) in [7, 11) is 3.08. The topological polar surface area (TPSA) is 85.0 Å². The Bertz CT molecular complexity index is 1080. The van der Waals surface area contributed by atoms with Crippen molar-refractivity contribution < 1.29 is 14.6 Å². The van der Waals surface area contributed by atoms with Crippen LogP contribution in [0.2, 0.25) is 0 Å². The number of aromatic nitrogens is 4. The Morgan fingerprint density at radius 3 is 2.87 bits per heavy atom. The second-order valence-electron chi connectivity index (χ2n) is 8.36. The van der Waals surface area contributed by atoms with E-state index >= 15 is 0 Å². The average Bonchev–Trinajstić information content (AvgIpc) is 3.42. The highest BCUT2D eigenvalue weighted by Crippen LogP contribution is 2.52. The molecule has 8 nitrogen and oxygen atoms in total. The van der Waals surface area contributed by atoms with Crippen molar-refractivity contribution in [2.24, 2.45) is 11.8 Å². The summed E-state index contributed by atoms with van der Waals surface area (Å²) >= 11 is 0. The van der Waals surface area contributed by atoms with Crippen LogP contribution in [0, 0.1) is 18.8 Å². The molecule has 3 aromatic rings. The second-order valence-corrected chi connectivity index (χ2v) is 8.36. The van der Waals surface area contributed by atoms with E-state index in [-0.39, 0.29) is 11.9 Å². The van der Waals surface area contributed by atoms with E-state index in [0.29, 0.717) is 23.8 Å². The molecule has 2 aliphatic rings. The van der Waals surface area contributed by atoms with Crippen LogP contribution in [0.3, 0.4) is 0 Å². The first-order chi connectivity index (χ1) is 14.5. The van der Waals surface area contributed by atoms with Gasteiger partial charge in [0.2, 0.25) is 5.88 Å². The number of rotatable bonds is 5. The lowest BCUT2D eigenvalue weighted by Gasteiger charge is -2.31. The van der Waals surface area contributed by atoms with E-state index in [1.807, 2.05) is 19.1 Å². The van der Waals surface area contributed by atoms with Gasteiger partial charge in [-0.2, -0.15) is 4.98 Å². The molecule has 0 amide bonds. The number of imidazole rings is 1. The van der Waals surface area contributed by atoms with Gasteiger partial charge in [-0.3, -0.25) is 4.90 Å². The van der Waals surface area contributed by atoms with E-state index < -0.39 is 5.60 Å². The van der Waals surface area contributed by atoms with E-state index in [0.717, 1.165) is 43.1 Å². The van der Waals surface area contributed by atoms with Crippen LogP contribution in [0.4, 0.5) is 0 Å². The standard InChI is InChI=1S/C22H27N5O3/c1-14-24-18(19-6-4-5-9-27(14)19)13-26-11-15-7-8-22(28,17(15)12-26)16-10-23-21(30-3)25-20(16)29-2/h4-6,9-10,15,17,28H,7-8,11-13H2,1-3H3/t15-,17+,22+/m0/s1. The van der Waals surface area contributed by atoms with Crippen LogP contribution in [0.5, 0.6) is 11.9 Å². The van der Waals surface area contributed by atoms with Crippen molar-refractivity contribution in [3.8, 4) is 11.9 Å². The molecule has 1 aliphatic heterocycles. The smallest absolute Gasteiger partial charge is 0.319 e. The first-order valence-corrected chi connectivity index (χ1v) is 10.4. The lowest BCUT2D eigenvalue weighted by atomic mass is 9.83. The molecule has 8 heteroatoms. The maximum absolute atomic E-state index is 11.7. The summed E-state index contributed by atoms with van der Waals surface area (Å²) in [6.45, 7) is 4.57. The SMILES string of the molecule is COc1ncc([C@]2(O)CC[C@H]3CN(Cc4nc(C)n5ccccc45)C[C@H]32)c(OC)n1. The number of hydrogen-bond donors (Lipinski definition) is 1. The predicted octanol–water partition coefficient (Wildman–Crippen LogP) is 2.18. The van der Waals surface area contributed by atoms with Gasteiger partial charge in [0.15, 0.2) is 0 Å². The Kier molecular flexibility index (Phi) is 4.63. The molecule has 1 aliphatic carbocycles. The van der Waals surface area contributed by atoms with Crippen molar-refractivity contribution in [3.63, 3.8) is 0 Å². The van der Waals surface area contributed by atoms with Crippen molar-refractivity contribution >= 4 is 5.52 Å². The first kappa shape index (κ1) is 19.3. The summed E-state index contributed by atoms with van der Waals surface area (Å²) in [5, 5.41) is 11.7. The molecule has 158 valence electrons. The normalized spacial score (nSPS) is 26.3. The van der Waals surface area contributed by atoms with Crippen LogP contribution in [0.1, 0.15) is 29.9 Å². The molecule has 2 fully saturated rings. The number of hydrogen-bond acceptors (Lipinski definition) is 7. The van der Waals surface area contributed by atoms with Gasteiger partial charge in [0, 0.05) is 37.9 Å². The fraction of sp³-hybridized carbons (Fsp3) is 0.500. The van der Waals surface area contributed by atoms with Gasteiger partial charge in [0.1, 0.15) is 11.4 Å². The largest absolute Gasteiger partial charge is 0.481 e. The third kappa shape index (κ3) is 2.94. The number of aryl methyl sites for hydroxylation is 1. The molecule has 0 aromatic carbocycles. The minimum absolute atomic E-state index is 0.110. The third-order valence-electron chi connectivity index (χ3n) is 6.77. The van der Waals surface area contributed by atoms with Crippen LogP contribution in [0.15, 0.2) is 30.6 Å². The molecule has 0 bridgehead atoms. The summed E-state index contributed by atoms with van der Waals surface area (Å²) in [5.74, 6) is 1.92. The zero-order valence-corrected chi connectivity index (χ0v) is 17.6. The molecule has 4 heterocycles. The molecule has 1 saturated carbocycles. The van der Waals surface area contributed by atoms with Gasteiger partial charge in [-0.15, -0.1) is 0 Å². The minimum Gasteiger partial charge on any atom is -0.481 e. The lowest BCUT2D eigenvalue weighted by molar-refractivity contribution is -0.00974. The molecular weight excluding hydrogens is 382 g/mol. The van der Waals surface area contributed by atoms with Gasteiger partial charge < -0.3 is 19.0 Å². The number of nitrogens with zero attached hydrogens (tertiary/aromatic N) is 5. The van der Waals surface area contributed by atoms with Crippen LogP contribution >= 0.6 is 0 Å². The van der Waals surface area contributed by atoms with Crippen LogP contribution < -0.4 is 9.47 Å². The molecule has 30 heavy (non-hydrogen) atoms. The molecule has 0 unspecified atom stereocenters. The third-order valence-corrected chi connectivity index (χ3v) is 6.77. The van der Waals surface area contributed by atoms with E-state index in [4.69, 9.17) is 14.5 Å². The Hall–Kier alpha value is -2.71. The van der Waals surface area contributed by atoms with Crippen molar-refractivity contribution in [1.29, 1.82) is 0 Å². The zero-order chi connectivity index (χ0) is 20.9. The van der Waals surface area contributed by atoms with Crippen LogP contribution in [0.25, 0.3) is 5.52 Å². The Morgan fingerprint density at radius 2 is 2.07 bits per heavy atom. The maximum atomic E-state index is 11.7. The highest BCUT2D eigenvalue weighted by Gasteiger charge is 2.54. The van der Waals surface area contributed by atoms with Gasteiger partial charge in [0.25, 0.3) is 0 Å². The lowest BCUT2D eigenvalue weighted by Crippen LogP contribution is -2.35. The Labute approximate surface area is 175 Å². The highest BCUT2D eigenvalue weighted by atomic mass is 16.5. The quantitative estimate of drug-likeness (QED) is 0.691. The number of aliphatic hydroxyl groups is 1. The fourth-order valence-corrected chi connectivity index (χ4v) is 5.35. The maximum Gasteiger partial charge on any atom is 0.319 e. The van der Waals surface area contributed by atoms with Crippen molar-refractivity contribution in [3.05, 3.63) is 47.7 Å². The van der Waals surface area contributed by atoms with Gasteiger partial charge in [-0.1, -0.05) is 6.07 Å². The highest BCUT2D eigenvalue weighted by molar-refractivity contribution is 5.53. The van der Waals surface area contributed by atoms with Gasteiger partial charge in [-0.05, 0) is 37.8 Å². The zero-order valence-electron chi connectivity index (χ0n) is 17.6. The predicted molar refractivity (Wildman–Crippen MR) is 110 cm³/mol. The monoisotopic (exact) mass is 409 g/mol. The molecule has 0 radical (unpaired) electrons. The second kappa shape index (κ2) is 7.21. The summed E-state index contributed by atoms with van der Waals surface area (Å²) in [4.78, 5) is 15.7. The van der Waals surface area contributed by atoms with E-state index in [1.165, 1.54) is 7.11 Å². The molecule has 0 spiro atoms. The van der Waals surface area contributed by atoms with Crippen LogP contribution in [-0.2, 0) is 12.1 Å². The molecule has 3 atom stereocenters. The van der Waals surface area contributed by atoms with E-state index in [1.54, 1.807) is 13.3 Å². The van der Waals surface area contributed by atoms with Crippen LogP contribution in [-0.4, -0.2) is 56.7 Å². The fourth-order valence-electron chi connectivity index (χ4n) is 5.35. The first-order valence-electron chi connectivity index (χ1n) is 10.4. The molecule has 3 aromatic heterocycles. The van der Waals surface area contributed by atoms with Gasteiger partial charge >= 0.3 is 6.01 Å². The summed E-state index contributed by atoms with van der Waals surface area (Å²) in [6, 6.07) is 6.43. The number of likely N-dealkylation sites (tertiary alicyclic amines) is 1. The Balaban J connectivity index is 1.40. The van der Waals surface area contributed by atoms with E-state index in [9.17, 15) is 5.11 Å². The van der Waals surface area contributed by atoms with Gasteiger partial charge in [-0.25, -0.2) is 9.97 Å². The summed E-state index contributed by atoms with van der Waals surface area (Å²) in [6.07, 6.45) is 5.36. The molecular formula is C22H27N5O3. The van der Waals surface area contributed by atoms with Gasteiger partial charge in [0.05, 0.1) is 31.0 Å².